The van der Waals surface area contributed by atoms with Gasteiger partial charge in [-0.15, -0.1) is 5.11 Å². The third-order valence-electron chi connectivity index (χ3n) is 3.45. The first-order valence-electron chi connectivity index (χ1n) is 7.13. The summed E-state index contributed by atoms with van der Waals surface area (Å²) in [7, 11) is 0. The van der Waals surface area contributed by atoms with E-state index in [1.165, 1.54) is 31.2 Å². The molecule has 2 aromatic rings. The van der Waals surface area contributed by atoms with Crippen molar-refractivity contribution in [2.45, 2.75) is 13.5 Å². The minimum absolute atomic E-state index is 0.00860. The molecule has 128 valence electrons. The van der Waals surface area contributed by atoms with Crippen molar-refractivity contribution in [1.82, 2.24) is 4.57 Å². The summed E-state index contributed by atoms with van der Waals surface area (Å²) in [5.41, 5.74) is -0.698. The number of nitrogens with zero attached hydrogens (tertiary/aromatic N) is 4. The Hall–Kier alpha value is -3.51. The van der Waals surface area contributed by atoms with Crippen molar-refractivity contribution < 1.29 is 20.1 Å². The van der Waals surface area contributed by atoms with Gasteiger partial charge in [-0.1, -0.05) is 6.07 Å². The van der Waals surface area contributed by atoms with Crippen LogP contribution in [0.2, 0.25) is 0 Å². The second-order valence-electron chi connectivity index (χ2n) is 5.02. The summed E-state index contributed by atoms with van der Waals surface area (Å²) in [4.78, 5) is 23.4. The Morgan fingerprint density at radius 2 is 2.08 bits per heavy atom. The Kier molecular flexibility index (Phi) is 5.26. The lowest BCUT2D eigenvalue weighted by Gasteiger charge is -2.11. The Labute approximate surface area is 141 Å². The largest absolute Gasteiger partial charge is 0.493 e. The van der Waals surface area contributed by atoms with Crippen LogP contribution in [-0.4, -0.2) is 32.5 Å². The van der Waals surface area contributed by atoms with Crippen LogP contribution in [0.3, 0.4) is 0 Å². The number of aromatic nitrogens is 1. The van der Waals surface area contributed by atoms with E-state index >= 15 is 0 Å². The minimum Gasteiger partial charge on any atom is -0.493 e. The number of aliphatic hydroxyl groups is 1. The molecule has 25 heavy (non-hydrogen) atoms. The van der Waals surface area contributed by atoms with Crippen molar-refractivity contribution in [2.24, 2.45) is 10.2 Å². The molecule has 9 nitrogen and oxygen atoms in total. The standard InChI is InChI=1S/C16H14N4O5/c1-9-12(8-17)14(22)20(5-6-21)15(23)13(9)19-18-11-4-2-3-10(7-11)16(24)25/h2-4,7,21-22H,5-6H2,1H3,(H,24,25). The molecule has 1 heterocycles. The number of benzene rings is 1. The molecule has 0 amide bonds. The Balaban J connectivity index is 2.58. The van der Waals surface area contributed by atoms with E-state index in [4.69, 9.17) is 15.5 Å². The fourth-order valence-corrected chi connectivity index (χ4v) is 2.17. The van der Waals surface area contributed by atoms with Crippen LogP contribution in [0.5, 0.6) is 5.88 Å². The van der Waals surface area contributed by atoms with Gasteiger partial charge in [0.05, 0.1) is 24.4 Å². The van der Waals surface area contributed by atoms with Crippen molar-refractivity contribution in [1.29, 1.82) is 5.26 Å². The van der Waals surface area contributed by atoms with E-state index in [9.17, 15) is 14.7 Å². The molecule has 1 aromatic heterocycles. The zero-order valence-electron chi connectivity index (χ0n) is 13.2. The molecule has 2 rings (SSSR count). The Morgan fingerprint density at radius 3 is 2.68 bits per heavy atom. The van der Waals surface area contributed by atoms with E-state index in [2.05, 4.69) is 10.2 Å². The Bertz CT molecular complexity index is 956. The number of carboxylic acids is 1. The predicted octanol–water partition coefficient (Wildman–Crippen LogP) is 1.84. The lowest BCUT2D eigenvalue weighted by Crippen LogP contribution is -2.23. The van der Waals surface area contributed by atoms with E-state index in [0.717, 1.165) is 4.57 Å². The normalized spacial score (nSPS) is 10.8. The number of aliphatic hydroxyl groups excluding tert-OH is 1. The lowest BCUT2D eigenvalue weighted by molar-refractivity contribution is 0.0697. The number of aromatic carboxylic acids is 1. The first-order chi connectivity index (χ1) is 11.9. The predicted molar refractivity (Wildman–Crippen MR) is 86.5 cm³/mol. The van der Waals surface area contributed by atoms with Crippen LogP contribution in [-0.2, 0) is 6.54 Å². The van der Waals surface area contributed by atoms with Gasteiger partial charge in [0, 0.05) is 5.56 Å². The maximum Gasteiger partial charge on any atom is 0.335 e. The van der Waals surface area contributed by atoms with Crippen LogP contribution in [0.25, 0.3) is 0 Å². The number of pyridine rings is 1. The number of hydrogen-bond acceptors (Lipinski definition) is 7. The topological polar surface area (TPSA) is 148 Å². The molecule has 0 unspecified atom stereocenters. The summed E-state index contributed by atoms with van der Waals surface area (Å²) in [5, 5.41) is 44.8. The molecule has 0 saturated carbocycles. The maximum absolute atomic E-state index is 12.4. The first kappa shape index (κ1) is 17.8. The van der Waals surface area contributed by atoms with Crippen LogP contribution in [0.15, 0.2) is 39.3 Å². The van der Waals surface area contributed by atoms with Gasteiger partial charge >= 0.3 is 5.97 Å². The molecule has 3 N–H and O–H groups in total. The van der Waals surface area contributed by atoms with Crippen molar-refractivity contribution in [2.75, 3.05) is 6.61 Å². The lowest BCUT2D eigenvalue weighted by atomic mass is 10.1. The molecule has 9 heteroatoms. The number of nitriles is 1. The summed E-state index contributed by atoms with van der Waals surface area (Å²) < 4.78 is 0.827. The fraction of sp³-hybridized carbons (Fsp3) is 0.188. The van der Waals surface area contributed by atoms with Crippen molar-refractivity contribution >= 4 is 17.3 Å². The zero-order valence-corrected chi connectivity index (χ0v) is 13.2. The van der Waals surface area contributed by atoms with Gasteiger partial charge in [0.25, 0.3) is 5.56 Å². The smallest absolute Gasteiger partial charge is 0.335 e. The minimum atomic E-state index is -1.13. The molecule has 0 atom stereocenters. The molecule has 0 spiro atoms. The van der Waals surface area contributed by atoms with Gasteiger partial charge < -0.3 is 15.3 Å². The summed E-state index contributed by atoms with van der Waals surface area (Å²) in [5.74, 6) is -1.68. The van der Waals surface area contributed by atoms with Crippen LogP contribution in [0.4, 0.5) is 11.4 Å². The van der Waals surface area contributed by atoms with Crippen LogP contribution in [0, 0.1) is 18.3 Å². The average molecular weight is 342 g/mol. The third kappa shape index (κ3) is 3.54. The molecule has 0 radical (unpaired) electrons. The summed E-state index contributed by atoms with van der Waals surface area (Å²) in [6.45, 7) is 0.806. The van der Waals surface area contributed by atoms with Gasteiger partial charge in [-0.3, -0.25) is 9.36 Å². The van der Waals surface area contributed by atoms with Gasteiger partial charge in [0.2, 0.25) is 5.88 Å². The summed E-state index contributed by atoms with van der Waals surface area (Å²) in [6.07, 6.45) is 0. The third-order valence-corrected chi connectivity index (χ3v) is 3.45. The van der Waals surface area contributed by atoms with Crippen molar-refractivity contribution in [3.05, 3.63) is 51.3 Å². The van der Waals surface area contributed by atoms with Gasteiger partial charge in [0.15, 0.2) is 5.69 Å². The molecular weight excluding hydrogens is 328 g/mol. The van der Waals surface area contributed by atoms with E-state index in [1.807, 2.05) is 0 Å². The molecule has 0 aliphatic carbocycles. The van der Waals surface area contributed by atoms with E-state index in [-0.39, 0.29) is 34.6 Å². The number of hydrogen-bond donors (Lipinski definition) is 3. The van der Waals surface area contributed by atoms with Gasteiger partial charge in [-0.05, 0) is 25.1 Å². The molecule has 1 aromatic carbocycles. The quantitative estimate of drug-likeness (QED) is 0.706. The number of carboxylic acid groups (broad SMARTS) is 1. The molecular formula is C16H14N4O5. The highest BCUT2D eigenvalue weighted by Gasteiger charge is 2.18. The molecule has 0 saturated heterocycles. The molecule has 0 aliphatic heterocycles. The van der Waals surface area contributed by atoms with Crippen LogP contribution in [0.1, 0.15) is 21.5 Å². The molecule has 0 aliphatic rings. The average Bonchev–Trinajstić information content (AvgIpc) is 2.59. The van der Waals surface area contributed by atoms with Gasteiger partial charge in [-0.2, -0.15) is 10.4 Å². The van der Waals surface area contributed by atoms with Gasteiger partial charge in [-0.25, -0.2) is 4.79 Å². The Morgan fingerprint density at radius 1 is 1.36 bits per heavy atom. The van der Waals surface area contributed by atoms with E-state index < -0.39 is 24.0 Å². The maximum atomic E-state index is 12.4. The zero-order chi connectivity index (χ0) is 18.6. The number of aromatic hydroxyl groups is 1. The summed E-state index contributed by atoms with van der Waals surface area (Å²) in [6, 6.07) is 7.42. The number of carbonyl (C=O) groups is 1. The van der Waals surface area contributed by atoms with Crippen molar-refractivity contribution in [3.63, 3.8) is 0 Å². The SMILES string of the molecule is Cc1c(C#N)c(O)n(CCO)c(=O)c1N=Nc1cccc(C(=O)O)c1. The number of azo groups is 1. The van der Waals surface area contributed by atoms with E-state index in [1.54, 1.807) is 6.07 Å². The monoisotopic (exact) mass is 342 g/mol. The second kappa shape index (κ2) is 7.37. The van der Waals surface area contributed by atoms with Crippen LogP contribution >= 0.6 is 0 Å². The second-order valence-corrected chi connectivity index (χ2v) is 5.02. The van der Waals surface area contributed by atoms with Crippen molar-refractivity contribution in [3.8, 4) is 11.9 Å². The van der Waals surface area contributed by atoms with Gasteiger partial charge in [0.1, 0.15) is 11.6 Å². The highest BCUT2D eigenvalue weighted by atomic mass is 16.4. The summed E-state index contributed by atoms with van der Waals surface area (Å²) >= 11 is 0. The molecule has 0 fully saturated rings. The van der Waals surface area contributed by atoms with Crippen LogP contribution < -0.4 is 5.56 Å². The van der Waals surface area contributed by atoms with E-state index in [0.29, 0.717) is 0 Å². The first-order valence-corrected chi connectivity index (χ1v) is 7.13. The molecule has 0 bridgehead atoms. The fourth-order valence-electron chi connectivity index (χ4n) is 2.17. The highest BCUT2D eigenvalue weighted by Crippen LogP contribution is 2.26. The number of rotatable bonds is 5. The highest BCUT2D eigenvalue weighted by molar-refractivity contribution is 5.88.